The molecule has 0 aliphatic rings. The molecule has 148 valence electrons. The third-order valence-electron chi connectivity index (χ3n) is 4.51. The van der Waals surface area contributed by atoms with Crippen molar-refractivity contribution in [3.05, 3.63) is 134 Å². The summed E-state index contributed by atoms with van der Waals surface area (Å²) < 4.78 is 0. The molecule has 3 rings (SSSR count). The van der Waals surface area contributed by atoms with E-state index in [1.807, 2.05) is 92.7 Å². The van der Waals surface area contributed by atoms with Gasteiger partial charge in [-0.15, -0.1) is 0 Å². The average molecular weight is 386 g/mol. The van der Waals surface area contributed by atoms with E-state index in [1.165, 1.54) is 5.57 Å². The average Bonchev–Trinajstić information content (AvgIpc) is 2.76. The topological polar surface area (TPSA) is 46.2 Å². The molecule has 0 atom stereocenters. The number of benzene rings is 2. The van der Waals surface area contributed by atoms with Gasteiger partial charge in [0.1, 0.15) is 0 Å². The first-order chi connectivity index (χ1) is 14.0. The predicted octanol–water partition coefficient (Wildman–Crippen LogP) is 5.49. The molecule has 0 fully saturated rings. The highest BCUT2D eigenvalue weighted by atomic mass is 16.2. The highest BCUT2D eigenvalue weighted by Gasteiger charge is 2.21. The van der Waals surface area contributed by atoms with Crippen molar-refractivity contribution in [3.8, 4) is 0 Å². The summed E-state index contributed by atoms with van der Waals surface area (Å²) in [5.74, 6) is 0. The van der Waals surface area contributed by atoms with E-state index in [-0.39, 0.29) is 6.04 Å². The molecule has 0 aliphatic carbocycles. The zero-order valence-electron chi connectivity index (χ0n) is 17.2. The van der Waals surface area contributed by atoms with Crippen molar-refractivity contribution in [2.45, 2.75) is 26.8 Å². The van der Waals surface area contributed by atoms with E-state index in [4.69, 9.17) is 0 Å². The van der Waals surface area contributed by atoms with Crippen LogP contribution < -0.4 is 16.2 Å². The second-order valence-corrected chi connectivity index (χ2v) is 6.70. The maximum atomic E-state index is 11.7. The molecular weight excluding hydrogens is 358 g/mol. The van der Waals surface area contributed by atoms with E-state index >= 15 is 0 Å². The molecule has 0 aliphatic heterocycles. The second-order valence-electron chi connectivity index (χ2n) is 6.70. The third-order valence-corrected chi connectivity index (χ3v) is 4.51. The van der Waals surface area contributed by atoms with Gasteiger partial charge in [0.2, 0.25) is 10.9 Å². The van der Waals surface area contributed by atoms with Crippen molar-refractivity contribution in [1.29, 1.82) is 0 Å². The lowest BCUT2D eigenvalue weighted by Crippen LogP contribution is -2.37. The summed E-state index contributed by atoms with van der Waals surface area (Å²) >= 11 is 0. The lowest BCUT2D eigenvalue weighted by atomic mass is 9.97. The molecule has 0 saturated carbocycles. The minimum absolute atomic E-state index is 0.144. The highest BCUT2D eigenvalue weighted by molar-refractivity contribution is 5.58. The van der Waals surface area contributed by atoms with E-state index in [0.29, 0.717) is 11.3 Å². The third kappa shape index (κ3) is 5.76. The van der Waals surface area contributed by atoms with Gasteiger partial charge in [-0.1, -0.05) is 97.1 Å². The number of allylic oxidation sites excluding steroid dienone is 5. The molecule has 0 spiro atoms. The van der Waals surface area contributed by atoms with Crippen LogP contribution in [0, 0.1) is 6.92 Å². The Balaban J connectivity index is 0.000000321. The number of anilines is 1. The Kier molecular flexibility index (Phi) is 8.11. The number of hydrogen-bond donors (Lipinski definition) is 1. The Hall–Kier alpha value is -3.46. The van der Waals surface area contributed by atoms with Gasteiger partial charge in [-0.05, 0) is 31.9 Å². The van der Waals surface area contributed by atoms with E-state index < -0.39 is 10.9 Å². The first-order valence-electron chi connectivity index (χ1n) is 9.58. The summed E-state index contributed by atoms with van der Waals surface area (Å²) in [6.07, 6.45) is 7.81. The summed E-state index contributed by atoms with van der Waals surface area (Å²) in [5.41, 5.74) is 3.46. The monoisotopic (exact) mass is 385 g/mol. The summed E-state index contributed by atoms with van der Waals surface area (Å²) in [6.45, 7) is 9.30. The predicted molar refractivity (Wildman–Crippen MR) is 123 cm³/mol. The van der Waals surface area contributed by atoms with Crippen molar-refractivity contribution in [2.75, 3.05) is 5.32 Å². The van der Waals surface area contributed by atoms with E-state index in [0.717, 1.165) is 11.1 Å². The van der Waals surface area contributed by atoms with E-state index in [1.54, 1.807) is 13.0 Å². The van der Waals surface area contributed by atoms with Gasteiger partial charge in [0.15, 0.2) is 0 Å². The molecular formula is C26H27NO2. The molecule has 0 heterocycles. The van der Waals surface area contributed by atoms with Gasteiger partial charge in [-0.2, -0.15) is 0 Å². The summed E-state index contributed by atoms with van der Waals surface area (Å²) in [5, 5.41) is 3.23. The molecule has 0 unspecified atom stereocenters. The van der Waals surface area contributed by atoms with Crippen LogP contribution >= 0.6 is 0 Å². The molecule has 3 heteroatoms. The molecule has 1 N–H and O–H groups in total. The summed E-state index contributed by atoms with van der Waals surface area (Å²) in [7, 11) is 0. The number of hydrogen-bond acceptors (Lipinski definition) is 3. The summed E-state index contributed by atoms with van der Waals surface area (Å²) in [4.78, 5) is 23.1. The van der Waals surface area contributed by atoms with Crippen molar-refractivity contribution >= 4 is 5.69 Å². The van der Waals surface area contributed by atoms with Gasteiger partial charge in [0.25, 0.3) is 0 Å². The lowest BCUT2D eigenvalue weighted by molar-refractivity contribution is 0.927. The first kappa shape index (κ1) is 21.8. The zero-order valence-corrected chi connectivity index (χ0v) is 17.2. The molecule has 0 saturated heterocycles. The van der Waals surface area contributed by atoms with E-state index in [9.17, 15) is 9.59 Å². The fraction of sp³-hybridized carbons (Fsp3) is 0.154. The minimum atomic E-state index is -0.427. The van der Waals surface area contributed by atoms with Gasteiger partial charge >= 0.3 is 0 Å². The van der Waals surface area contributed by atoms with Gasteiger partial charge in [0.05, 0.1) is 11.7 Å². The van der Waals surface area contributed by atoms with Crippen LogP contribution in [0.3, 0.4) is 0 Å². The Morgan fingerprint density at radius 1 is 0.931 bits per heavy atom. The van der Waals surface area contributed by atoms with Crippen LogP contribution in [-0.4, -0.2) is 0 Å². The lowest BCUT2D eigenvalue weighted by Gasteiger charge is -2.22. The van der Waals surface area contributed by atoms with Crippen LogP contribution in [0.2, 0.25) is 0 Å². The Bertz CT molecular complexity index is 1010. The van der Waals surface area contributed by atoms with Crippen molar-refractivity contribution in [2.24, 2.45) is 0 Å². The maximum Gasteiger partial charge on any atom is 0.249 e. The summed E-state index contributed by atoms with van der Waals surface area (Å²) in [6, 6.07) is 19.6. The maximum absolute atomic E-state index is 11.7. The van der Waals surface area contributed by atoms with Crippen LogP contribution in [0.15, 0.2) is 107 Å². The zero-order chi connectivity index (χ0) is 21.2. The van der Waals surface area contributed by atoms with Crippen LogP contribution in [-0.2, 0) is 0 Å². The van der Waals surface area contributed by atoms with Crippen LogP contribution in [0.4, 0.5) is 5.69 Å². The van der Waals surface area contributed by atoms with Gasteiger partial charge in [-0.25, -0.2) is 0 Å². The van der Waals surface area contributed by atoms with Crippen molar-refractivity contribution < 1.29 is 0 Å². The minimum Gasteiger partial charge on any atom is -0.371 e. The Morgan fingerprint density at radius 3 is 1.86 bits per heavy atom. The van der Waals surface area contributed by atoms with E-state index in [2.05, 4.69) is 11.9 Å². The van der Waals surface area contributed by atoms with Gasteiger partial charge < -0.3 is 5.32 Å². The molecule has 3 aromatic rings. The number of nitrogens with one attached hydrogen (secondary N) is 1. The normalized spacial score (nSPS) is 11.4. The Labute approximate surface area is 172 Å². The van der Waals surface area contributed by atoms with Gasteiger partial charge in [0, 0.05) is 5.56 Å². The van der Waals surface area contributed by atoms with Crippen molar-refractivity contribution in [1.82, 2.24) is 0 Å². The molecule has 0 amide bonds. The van der Waals surface area contributed by atoms with Crippen LogP contribution in [0.25, 0.3) is 0 Å². The SMILES string of the molecule is C=C/C=C(C)\C=C/C.Cc1c(NC(c2ccccc2)c2ccccc2)c(=O)c1=O. The highest BCUT2D eigenvalue weighted by Crippen LogP contribution is 2.26. The quantitative estimate of drug-likeness (QED) is 0.451. The molecule has 0 radical (unpaired) electrons. The van der Waals surface area contributed by atoms with Gasteiger partial charge in [-0.3, -0.25) is 9.59 Å². The number of rotatable bonds is 6. The fourth-order valence-electron chi connectivity index (χ4n) is 2.98. The molecule has 3 aromatic carbocycles. The largest absolute Gasteiger partial charge is 0.371 e. The first-order valence-corrected chi connectivity index (χ1v) is 9.58. The molecule has 0 aromatic heterocycles. The van der Waals surface area contributed by atoms with Crippen molar-refractivity contribution in [3.63, 3.8) is 0 Å². The molecule has 3 nitrogen and oxygen atoms in total. The standard InChI is InChI=1S/C18H15NO2.C8H12/c1-12-15(18(21)17(12)20)19-16(13-8-4-2-5-9-13)14-10-6-3-7-11-14;1-4-6-8(3)7-5-2/h2-11,16,19H,1H3;4-7H,1H2,2-3H3/b;7-5-,8-6-. The smallest absolute Gasteiger partial charge is 0.249 e. The molecule has 29 heavy (non-hydrogen) atoms. The fourth-order valence-corrected chi connectivity index (χ4v) is 2.98. The van der Waals surface area contributed by atoms with Crippen LogP contribution in [0.5, 0.6) is 0 Å². The molecule has 0 bridgehead atoms. The second kappa shape index (κ2) is 10.8. The van der Waals surface area contributed by atoms with Crippen LogP contribution in [0.1, 0.15) is 36.6 Å². The Morgan fingerprint density at radius 2 is 1.45 bits per heavy atom.